The van der Waals surface area contributed by atoms with Crippen LogP contribution in [0, 0.1) is 5.92 Å². The van der Waals surface area contributed by atoms with Gasteiger partial charge in [-0.1, -0.05) is 6.07 Å². The maximum Gasteiger partial charge on any atom is 0.220 e. The van der Waals surface area contributed by atoms with Crippen molar-refractivity contribution >= 4 is 5.91 Å². The lowest BCUT2D eigenvalue weighted by Crippen LogP contribution is -2.25. The molecule has 0 aromatic carbocycles. The van der Waals surface area contributed by atoms with E-state index in [9.17, 15) is 4.79 Å². The van der Waals surface area contributed by atoms with Gasteiger partial charge in [0, 0.05) is 44.4 Å². The van der Waals surface area contributed by atoms with Gasteiger partial charge in [-0.15, -0.1) is 0 Å². The molecular weight excluding hydrogens is 240 g/mol. The van der Waals surface area contributed by atoms with Crippen molar-refractivity contribution in [2.45, 2.75) is 25.7 Å². The summed E-state index contributed by atoms with van der Waals surface area (Å²) in [6, 6.07) is 5.84. The fourth-order valence-electron chi connectivity index (χ4n) is 2.22. The lowest BCUT2D eigenvalue weighted by atomic mass is 10.0. The van der Waals surface area contributed by atoms with Crippen molar-refractivity contribution < 1.29 is 4.79 Å². The zero-order chi connectivity index (χ0) is 13.3. The van der Waals surface area contributed by atoms with Crippen LogP contribution in [0.25, 0.3) is 0 Å². The van der Waals surface area contributed by atoms with Crippen LogP contribution in [0.15, 0.2) is 24.4 Å². The molecule has 19 heavy (non-hydrogen) atoms. The quantitative estimate of drug-likeness (QED) is 0.674. The monoisotopic (exact) mass is 262 g/mol. The van der Waals surface area contributed by atoms with Gasteiger partial charge in [0.15, 0.2) is 0 Å². The third-order valence-corrected chi connectivity index (χ3v) is 3.35. The lowest BCUT2D eigenvalue weighted by molar-refractivity contribution is -0.121. The number of hydrazine groups is 1. The number of aromatic nitrogens is 1. The van der Waals surface area contributed by atoms with Crippen LogP contribution in [0.2, 0.25) is 0 Å². The topological polar surface area (TPSA) is 66.1 Å². The van der Waals surface area contributed by atoms with Crippen molar-refractivity contribution in [3.63, 3.8) is 0 Å². The molecule has 0 spiro atoms. The van der Waals surface area contributed by atoms with E-state index in [1.807, 2.05) is 18.2 Å². The van der Waals surface area contributed by atoms with E-state index in [1.54, 1.807) is 6.20 Å². The average Bonchev–Trinajstić information content (AvgIpc) is 2.93. The number of nitrogens with zero attached hydrogens (tertiary/aromatic N) is 1. The second kappa shape index (κ2) is 7.86. The van der Waals surface area contributed by atoms with Gasteiger partial charge in [0.1, 0.15) is 0 Å². The Hall–Kier alpha value is -1.46. The third-order valence-electron chi connectivity index (χ3n) is 3.35. The van der Waals surface area contributed by atoms with Crippen molar-refractivity contribution in [2.24, 2.45) is 5.92 Å². The largest absolute Gasteiger partial charge is 0.356 e. The molecule has 5 nitrogen and oxygen atoms in total. The molecule has 2 heterocycles. The second-order valence-corrected chi connectivity index (χ2v) is 4.94. The normalized spacial score (nSPS) is 15.6. The van der Waals surface area contributed by atoms with Crippen LogP contribution in [0.4, 0.5) is 0 Å². The molecule has 1 aromatic rings. The molecule has 0 bridgehead atoms. The Morgan fingerprint density at radius 3 is 2.95 bits per heavy atom. The molecule has 1 saturated heterocycles. The summed E-state index contributed by atoms with van der Waals surface area (Å²) in [7, 11) is 0. The molecule has 0 aliphatic carbocycles. The maximum atomic E-state index is 11.6. The van der Waals surface area contributed by atoms with Gasteiger partial charge in [-0.25, -0.2) is 0 Å². The summed E-state index contributed by atoms with van der Waals surface area (Å²) in [5.74, 6) is 0.816. The maximum absolute atomic E-state index is 11.6. The van der Waals surface area contributed by atoms with E-state index >= 15 is 0 Å². The van der Waals surface area contributed by atoms with Crippen LogP contribution in [-0.2, 0) is 11.2 Å². The predicted octanol–water partition coefficient (Wildman–Crippen LogP) is 0.635. The highest BCUT2D eigenvalue weighted by Gasteiger charge is 2.13. The molecule has 0 atom stereocenters. The Kier molecular flexibility index (Phi) is 5.78. The highest BCUT2D eigenvalue weighted by molar-refractivity contribution is 5.75. The molecule has 1 aliphatic rings. The number of pyridine rings is 1. The number of hydrogen-bond donors (Lipinski definition) is 3. The van der Waals surface area contributed by atoms with Crippen LogP contribution in [0.5, 0.6) is 0 Å². The van der Waals surface area contributed by atoms with Crippen molar-refractivity contribution in [3.8, 4) is 0 Å². The fourth-order valence-corrected chi connectivity index (χ4v) is 2.22. The molecule has 2 rings (SSSR count). The summed E-state index contributed by atoms with van der Waals surface area (Å²) in [6.45, 7) is 2.70. The number of nitrogens with one attached hydrogen (secondary N) is 3. The van der Waals surface area contributed by atoms with E-state index in [2.05, 4.69) is 21.2 Å². The summed E-state index contributed by atoms with van der Waals surface area (Å²) in [5.41, 5.74) is 7.23. The smallest absolute Gasteiger partial charge is 0.220 e. The Morgan fingerprint density at radius 1 is 1.37 bits per heavy atom. The fraction of sp³-hybridized carbons (Fsp3) is 0.571. The first-order chi connectivity index (χ1) is 9.34. The molecule has 0 radical (unpaired) electrons. The summed E-state index contributed by atoms with van der Waals surface area (Å²) in [4.78, 5) is 15.9. The van der Waals surface area contributed by atoms with Gasteiger partial charge in [-0.2, -0.15) is 0 Å². The molecule has 3 N–H and O–H groups in total. The standard InChI is InChI=1S/C14H22N4O/c19-14(6-3-4-12-10-17-18-11-12)16-9-7-13-5-1-2-8-15-13/h1-2,5,8,12,17-18H,3-4,6-7,9-11H2,(H,16,19). The van der Waals surface area contributed by atoms with Crippen LogP contribution in [-0.4, -0.2) is 30.5 Å². The second-order valence-electron chi connectivity index (χ2n) is 4.94. The first-order valence-corrected chi connectivity index (χ1v) is 6.97. The summed E-state index contributed by atoms with van der Waals surface area (Å²) >= 11 is 0. The molecule has 104 valence electrons. The van der Waals surface area contributed by atoms with E-state index in [4.69, 9.17) is 0 Å². The number of hydrogen-bond acceptors (Lipinski definition) is 4. The highest BCUT2D eigenvalue weighted by atomic mass is 16.1. The van der Waals surface area contributed by atoms with E-state index in [-0.39, 0.29) is 5.91 Å². The average molecular weight is 262 g/mol. The first-order valence-electron chi connectivity index (χ1n) is 6.97. The highest BCUT2D eigenvalue weighted by Crippen LogP contribution is 2.09. The van der Waals surface area contributed by atoms with Gasteiger partial charge in [-0.3, -0.25) is 20.6 Å². The molecular formula is C14H22N4O. The lowest BCUT2D eigenvalue weighted by Gasteiger charge is -2.07. The summed E-state index contributed by atoms with van der Waals surface area (Å²) in [6.07, 6.45) is 5.26. The molecule has 1 aromatic heterocycles. The predicted molar refractivity (Wildman–Crippen MR) is 74.3 cm³/mol. The Balaban J connectivity index is 1.52. The molecule has 0 saturated carbocycles. The Bertz CT molecular complexity index is 376. The molecule has 1 amide bonds. The zero-order valence-electron chi connectivity index (χ0n) is 11.2. The van der Waals surface area contributed by atoms with Crippen molar-refractivity contribution in [1.82, 2.24) is 21.2 Å². The van der Waals surface area contributed by atoms with E-state index in [1.165, 1.54) is 0 Å². The van der Waals surface area contributed by atoms with Gasteiger partial charge in [-0.05, 0) is 30.9 Å². The molecule has 1 aliphatic heterocycles. The minimum Gasteiger partial charge on any atom is -0.356 e. The van der Waals surface area contributed by atoms with Crippen LogP contribution in [0.1, 0.15) is 25.0 Å². The van der Waals surface area contributed by atoms with Crippen molar-refractivity contribution in [3.05, 3.63) is 30.1 Å². The van der Waals surface area contributed by atoms with Gasteiger partial charge in [0.2, 0.25) is 5.91 Å². The number of amides is 1. The van der Waals surface area contributed by atoms with Crippen LogP contribution in [0.3, 0.4) is 0 Å². The minimum atomic E-state index is 0.148. The summed E-state index contributed by atoms with van der Waals surface area (Å²) < 4.78 is 0. The van der Waals surface area contributed by atoms with Gasteiger partial charge >= 0.3 is 0 Å². The van der Waals surface area contributed by atoms with Crippen LogP contribution < -0.4 is 16.2 Å². The van der Waals surface area contributed by atoms with Crippen LogP contribution >= 0.6 is 0 Å². The van der Waals surface area contributed by atoms with E-state index < -0.39 is 0 Å². The number of carbonyl (C=O) groups is 1. The van der Waals surface area contributed by atoms with Gasteiger partial charge in [0.25, 0.3) is 0 Å². The van der Waals surface area contributed by atoms with Gasteiger partial charge < -0.3 is 5.32 Å². The molecule has 1 fully saturated rings. The summed E-state index contributed by atoms with van der Waals surface area (Å²) in [5, 5.41) is 2.95. The number of carbonyl (C=O) groups excluding carboxylic acids is 1. The first kappa shape index (κ1) is 14.0. The minimum absolute atomic E-state index is 0.148. The molecule has 5 heteroatoms. The zero-order valence-corrected chi connectivity index (χ0v) is 11.2. The van der Waals surface area contributed by atoms with Crippen molar-refractivity contribution in [1.29, 1.82) is 0 Å². The third kappa shape index (κ3) is 5.36. The Labute approximate surface area is 114 Å². The Morgan fingerprint density at radius 2 is 2.21 bits per heavy atom. The SMILES string of the molecule is O=C(CCCC1CNNC1)NCCc1ccccn1. The number of rotatable bonds is 7. The van der Waals surface area contributed by atoms with Crippen molar-refractivity contribution in [2.75, 3.05) is 19.6 Å². The van der Waals surface area contributed by atoms with Gasteiger partial charge in [0.05, 0.1) is 0 Å². The van der Waals surface area contributed by atoms with E-state index in [0.29, 0.717) is 18.9 Å². The molecule has 0 unspecified atom stereocenters. The van der Waals surface area contributed by atoms with E-state index in [0.717, 1.165) is 38.0 Å².